The summed E-state index contributed by atoms with van der Waals surface area (Å²) in [7, 11) is 1.55. The van der Waals surface area contributed by atoms with Crippen LogP contribution in [0.4, 0.5) is 5.69 Å². The zero-order valence-electron chi connectivity index (χ0n) is 27.8. The zero-order chi connectivity index (χ0) is 35.3. The normalized spacial score (nSPS) is 26.4. The number of fused-ring (bicyclic) bond motifs is 1. The van der Waals surface area contributed by atoms with E-state index in [1.807, 2.05) is 30.3 Å². The molecule has 2 N–H and O–H groups in total. The van der Waals surface area contributed by atoms with Gasteiger partial charge in [0, 0.05) is 36.6 Å². The lowest BCUT2D eigenvalue weighted by Gasteiger charge is -2.37. The Kier molecular flexibility index (Phi) is 11.6. The highest BCUT2D eigenvalue weighted by molar-refractivity contribution is 9.09. The Morgan fingerprint density at radius 2 is 1.88 bits per heavy atom. The molecule has 3 amide bonds. The van der Waals surface area contributed by atoms with E-state index in [-0.39, 0.29) is 49.2 Å². The Morgan fingerprint density at radius 3 is 2.51 bits per heavy atom. The van der Waals surface area contributed by atoms with Crippen LogP contribution in [0.1, 0.15) is 44.3 Å². The second kappa shape index (κ2) is 15.7. The molecule has 3 aliphatic rings. The van der Waals surface area contributed by atoms with E-state index < -0.39 is 53.6 Å². The maximum atomic E-state index is 14.7. The first kappa shape index (κ1) is 36.3. The number of allylic oxidation sites excluding steroid dienone is 1. The van der Waals surface area contributed by atoms with Crippen molar-refractivity contribution in [1.29, 1.82) is 0 Å². The number of halogens is 1. The number of carbonyl (C=O) groups is 4. The molecule has 3 aliphatic heterocycles. The number of benzene rings is 2. The molecule has 0 aromatic heterocycles. The first-order chi connectivity index (χ1) is 23.6. The number of aliphatic hydroxyl groups is 1. The Morgan fingerprint density at radius 1 is 1.16 bits per heavy atom. The molecule has 2 aromatic carbocycles. The van der Waals surface area contributed by atoms with Gasteiger partial charge >= 0.3 is 5.97 Å². The van der Waals surface area contributed by atoms with E-state index in [0.29, 0.717) is 29.8 Å². The maximum Gasteiger partial charge on any atom is 0.313 e. The zero-order valence-corrected chi connectivity index (χ0v) is 29.4. The van der Waals surface area contributed by atoms with E-state index >= 15 is 0 Å². The van der Waals surface area contributed by atoms with Gasteiger partial charge in [0.1, 0.15) is 23.5 Å². The summed E-state index contributed by atoms with van der Waals surface area (Å²) in [5, 5.41) is 12.7. The fraction of sp³-hybridized carbons (Fsp3) is 0.459. The molecule has 1 unspecified atom stereocenters. The van der Waals surface area contributed by atoms with Crippen LogP contribution in [0.2, 0.25) is 0 Å². The van der Waals surface area contributed by atoms with Crippen LogP contribution in [0.5, 0.6) is 5.75 Å². The number of nitrogens with one attached hydrogen (secondary N) is 1. The predicted molar refractivity (Wildman–Crippen MR) is 187 cm³/mol. The van der Waals surface area contributed by atoms with Crippen molar-refractivity contribution in [3.05, 3.63) is 85.5 Å². The van der Waals surface area contributed by atoms with Gasteiger partial charge in [0.2, 0.25) is 11.8 Å². The minimum atomic E-state index is -1.33. The first-order valence-electron chi connectivity index (χ1n) is 16.6. The van der Waals surface area contributed by atoms with E-state index in [1.54, 1.807) is 55.4 Å². The number of aliphatic hydroxyl groups excluding tert-OH is 1. The van der Waals surface area contributed by atoms with Crippen molar-refractivity contribution in [3.8, 4) is 5.75 Å². The highest BCUT2D eigenvalue weighted by Crippen LogP contribution is 2.60. The van der Waals surface area contributed by atoms with Crippen molar-refractivity contribution in [2.24, 2.45) is 11.8 Å². The highest BCUT2D eigenvalue weighted by Gasteiger charge is 2.77. The Labute approximate surface area is 295 Å². The molecule has 0 aliphatic carbocycles. The van der Waals surface area contributed by atoms with Crippen molar-refractivity contribution in [1.82, 2.24) is 10.2 Å². The number of amides is 3. The molecule has 262 valence electrons. The number of alkyl halides is 1. The van der Waals surface area contributed by atoms with Gasteiger partial charge in [-0.3, -0.25) is 19.2 Å². The van der Waals surface area contributed by atoms with Crippen LogP contribution in [-0.4, -0.2) is 89.1 Å². The summed E-state index contributed by atoms with van der Waals surface area (Å²) in [5.74, 6) is -3.04. The average molecular weight is 739 g/mol. The van der Waals surface area contributed by atoms with Crippen LogP contribution in [0.25, 0.3) is 0 Å². The molecular weight excluding hydrogens is 694 g/mol. The van der Waals surface area contributed by atoms with E-state index in [2.05, 4.69) is 34.4 Å². The maximum absolute atomic E-state index is 14.7. The number of anilines is 1. The molecule has 3 saturated heterocycles. The SMILES string of the molecule is C=CCCC(=O)N[C@@H](C)[C@H](OC(=O)[C@H]1[C@@H]2O[C@@]3(CC2Br)[C@@H]1C(=O)N(CCCO)[C@@H]3C(=O)N(CC=C)c1ccc(OC)cc1)c1ccccc1. The lowest BCUT2D eigenvalue weighted by Crippen LogP contribution is -2.57. The number of nitrogens with zero attached hydrogens (tertiary/aromatic N) is 2. The fourth-order valence-corrected chi connectivity index (χ4v) is 8.40. The Bertz CT molecular complexity index is 1540. The minimum Gasteiger partial charge on any atom is -0.497 e. The number of rotatable bonds is 16. The summed E-state index contributed by atoms with van der Waals surface area (Å²) in [4.78, 5) is 58.7. The molecular formula is C37H44BrN3O8. The smallest absolute Gasteiger partial charge is 0.313 e. The van der Waals surface area contributed by atoms with Gasteiger partial charge in [0.05, 0.1) is 31.1 Å². The van der Waals surface area contributed by atoms with Crippen molar-refractivity contribution < 1.29 is 38.5 Å². The average Bonchev–Trinajstić information content (AvgIpc) is 3.70. The largest absolute Gasteiger partial charge is 0.497 e. The van der Waals surface area contributed by atoms with Gasteiger partial charge in [-0.05, 0) is 56.0 Å². The second-order valence-electron chi connectivity index (χ2n) is 12.7. The van der Waals surface area contributed by atoms with Crippen LogP contribution in [0.3, 0.4) is 0 Å². The van der Waals surface area contributed by atoms with Crippen LogP contribution in [0, 0.1) is 11.8 Å². The van der Waals surface area contributed by atoms with Gasteiger partial charge in [0.15, 0.2) is 0 Å². The summed E-state index contributed by atoms with van der Waals surface area (Å²) in [6, 6.07) is 14.4. The van der Waals surface area contributed by atoms with Crippen molar-refractivity contribution >= 4 is 45.3 Å². The molecule has 49 heavy (non-hydrogen) atoms. The number of likely N-dealkylation sites (tertiary alicyclic amines) is 1. The molecule has 12 heteroatoms. The van der Waals surface area contributed by atoms with E-state index in [1.165, 1.54) is 4.90 Å². The lowest BCUT2D eigenvalue weighted by molar-refractivity contribution is -0.162. The third kappa shape index (κ3) is 7.04. The van der Waals surface area contributed by atoms with Gasteiger partial charge in [-0.1, -0.05) is 58.4 Å². The van der Waals surface area contributed by atoms with E-state index in [9.17, 15) is 24.3 Å². The lowest BCUT2D eigenvalue weighted by atomic mass is 9.70. The minimum absolute atomic E-state index is 0.0949. The van der Waals surface area contributed by atoms with Crippen molar-refractivity contribution in [2.45, 2.75) is 67.3 Å². The van der Waals surface area contributed by atoms with Crippen LogP contribution in [-0.2, 0) is 28.7 Å². The third-order valence-electron chi connectivity index (χ3n) is 9.60. The van der Waals surface area contributed by atoms with Gasteiger partial charge in [-0.15, -0.1) is 13.2 Å². The number of esters is 1. The summed E-state index contributed by atoms with van der Waals surface area (Å²) in [6.07, 6.45) is 2.96. The predicted octanol–water partition coefficient (Wildman–Crippen LogP) is 4.10. The second-order valence-corrected chi connectivity index (χ2v) is 13.8. The molecule has 2 bridgehead atoms. The van der Waals surface area contributed by atoms with Gasteiger partial charge < -0.3 is 34.4 Å². The quantitative estimate of drug-likeness (QED) is 0.150. The number of methoxy groups -OCH3 is 1. The van der Waals surface area contributed by atoms with Gasteiger partial charge in [0.25, 0.3) is 5.91 Å². The molecule has 8 atom stereocenters. The standard InChI is InChI=1S/C37H44BrN3O8/c1-5-7-14-28(43)39-23(3)31(24-12-9-8-10-13-24)48-36(46)29-30-34(44)41(20-11-21-42)33(37(30)22-27(38)32(29)49-37)35(45)40(19-6-2)25-15-17-26(47-4)18-16-25/h5-6,8-10,12-13,15-18,23,27,29-33,42H,1-2,7,11,14,19-22H2,3-4H3,(H,39,43)/t23-,27?,29+,30-,31-,32+,33+,37-/m0/s1. The number of hydrogen-bond acceptors (Lipinski definition) is 8. The molecule has 1 spiro atoms. The summed E-state index contributed by atoms with van der Waals surface area (Å²) < 4.78 is 18.2. The number of ether oxygens (including phenoxy) is 3. The summed E-state index contributed by atoms with van der Waals surface area (Å²) in [5.41, 5.74) is -0.0737. The number of hydrogen-bond donors (Lipinski definition) is 2. The van der Waals surface area contributed by atoms with Gasteiger partial charge in [-0.2, -0.15) is 0 Å². The van der Waals surface area contributed by atoms with Crippen LogP contribution < -0.4 is 15.0 Å². The molecule has 3 heterocycles. The Hall–Kier alpha value is -4.00. The van der Waals surface area contributed by atoms with Crippen LogP contribution in [0.15, 0.2) is 79.9 Å². The highest BCUT2D eigenvalue weighted by atomic mass is 79.9. The molecule has 0 saturated carbocycles. The third-order valence-corrected chi connectivity index (χ3v) is 10.4. The first-order valence-corrected chi connectivity index (χ1v) is 17.5. The van der Waals surface area contributed by atoms with E-state index in [4.69, 9.17) is 14.2 Å². The fourth-order valence-electron chi connectivity index (χ4n) is 7.46. The Balaban J connectivity index is 1.49. The molecule has 0 radical (unpaired) electrons. The van der Waals surface area contributed by atoms with Crippen molar-refractivity contribution in [3.63, 3.8) is 0 Å². The van der Waals surface area contributed by atoms with E-state index in [0.717, 1.165) is 0 Å². The van der Waals surface area contributed by atoms with Crippen LogP contribution >= 0.6 is 15.9 Å². The molecule has 5 rings (SSSR count). The topological polar surface area (TPSA) is 135 Å². The number of carbonyl (C=O) groups excluding carboxylic acids is 4. The summed E-state index contributed by atoms with van der Waals surface area (Å²) >= 11 is 3.71. The molecule has 2 aromatic rings. The summed E-state index contributed by atoms with van der Waals surface area (Å²) in [6.45, 7) is 9.35. The molecule has 11 nitrogen and oxygen atoms in total. The monoisotopic (exact) mass is 737 g/mol. The van der Waals surface area contributed by atoms with Crippen molar-refractivity contribution in [2.75, 3.05) is 31.7 Å². The van der Waals surface area contributed by atoms with Gasteiger partial charge in [-0.25, -0.2) is 0 Å². The molecule has 3 fully saturated rings.